The maximum atomic E-state index is 2.41. The summed E-state index contributed by atoms with van der Waals surface area (Å²) in [6.07, 6.45) is 0. The van der Waals surface area contributed by atoms with Crippen molar-refractivity contribution in [3.63, 3.8) is 0 Å². The lowest BCUT2D eigenvalue weighted by molar-refractivity contribution is 0.768. The highest BCUT2D eigenvalue weighted by molar-refractivity contribution is 5.89. The van der Waals surface area contributed by atoms with Crippen molar-refractivity contribution in [2.75, 3.05) is 4.90 Å². The van der Waals surface area contributed by atoms with Crippen LogP contribution in [0.5, 0.6) is 0 Å². The van der Waals surface area contributed by atoms with Gasteiger partial charge in [0.2, 0.25) is 0 Å². The molecule has 1 nitrogen and oxygen atoms in total. The number of anilines is 3. The Kier molecular flexibility index (Phi) is 9.48. The van der Waals surface area contributed by atoms with Crippen LogP contribution in [-0.2, 0) is 5.41 Å². The van der Waals surface area contributed by atoms with E-state index >= 15 is 0 Å². The van der Waals surface area contributed by atoms with Crippen molar-refractivity contribution >= 4 is 17.1 Å². The molecule has 0 heterocycles. The van der Waals surface area contributed by atoms with Crippen LogP contribution in [0, 0.1) is 0 Å². The molecule has 0 N–H and O–H groups in total. The van der Waals surface area contributed by atoms with Crippen LogP contribution in [0.3, 0.4) is 0 Å². The molecule has 1 aliphatic carbocycles. The third kappa shape index (κ3) is 6.52. The summed E-state index contributed by atoms with van der Waals surface area (Å²) < 4.78 is 0. The van der Waals surface area contributed by atoms with Gasteiger partial charge in [0.05, 0.1) is 5.41 Å². The Morgan fingerprint density at radius 1 is 0.226 bits per heavy atom. The monoisotopic (exact) mass is 789 g/mol. The summed E-state index contributed by atoms with van der Waals surface area (Å²) in [6, 6.07) is 95.0. The van der Waals surface area contributed by atoms with Gasteiger partial charge in [-0.15, -0.1) is 0 Å². The topological polar surface area (TPSA) is 3.24 Å². The molecule has 0 radical (unpaired) electrons. The zero-order chi connectivity index (χ0) is 41.3. The van der Waals surface area contributed by atoms with Gasteiger partial charge in [-0.1, -0.05) is 218 Å². The zero-order valence-electron chi connectivity index (χ0n) is 34.3. The van der Waals surface area contributed by atoms with E-state index < -0.39 is 5.41 Å². The van der Waals surface area contributed by atoms with E-state index in [1.807, 2.05) is 0 Å². The quantitative estimate of drug-likeness (QED) is 0.141. The highest BCUT2D eigenvalue weighted by Crippen LogP contribution is 2.57. The molecule has 0 saturated heterocycles. The van der Waals surface area contributed by atoms with Crippen LogP contribution in [-0.4, -0.2) is 0 Å². The third-order valence-corrected chi connectivity index (χ3v) is 12.6. The summed E-state index contributed by atoms with van der Waals surface area (Å²) in [5.74, 6) is 0. The molecular formula is C61H43N. The molecule has 0 spiro atoms. The summed E-state index contributed by atoms with van der Waals surface area (Å²) in [7, 11) is 0. The largest absolute Gasteiger partial charge is 0.311 e. The minimum absolute atomic E-state index is 0.456. The zero-order valence-corrected chi connectivity index (χ0v) is 34.3. The van der Waals surface area contributed by atoms with Gasteiger partial charge in [-0.25, -0.2) is 0 Å². The number of para-hydroxylation sites is 1. The van der Waals surface area contributed by atoms with Crippen molar-refractivity contribution in [1.29, 1.82) is 0 Å². The van der Waals surface area contributed by atoms with Gasteiger partial charge in [0.25, 0.3) is 0 Å². The lowest BCUT2D eigenvalue weighted by Gasteiger charge is -2.34. The SMILES string of the molecule is c1ccc(-c2ccc(-c3ccc(N(c4ccccc4)c4ccc(-c5ccc6c(c5)-c5ccccc5C6(c5ccccc5)c5ccc(-c6ccccc6)cc5)cc4)cc3)cc2)cc1. The Bertz CT molecular complexity index is 3100. The first-order valence-electron chi connectivity index (χ1n) is 21.4. The minimum Gasteiger partial charge on any atom is -0.311 e. The molecular weight excluding hydrogens is 747 g/mol. The normalized spacial score (nSPS) is 13.9. The Hall–Kier alpha value is -8.00. The van der Waals surface area contributed by atoms with E-state index in [0.717, 1.165) is 17.1 Å². The van der Waals surface area contributed by atoms with Crippen LogP contribution in [0.4, 0.5) is 17.1 Å². The number of nitrogens with zero attached hydrogens (tertiary/aromatic N) is 1. The van der Waals surface area contributed by atoms with Crippen molar-refractivity contribution in [1.82, 2.24) is 0 Å². The smallest absolute Gasteiger partial charge is 0.0713 e. The number of benzene rings is 10. The maximum Gasteiger partial charge on any atom is 0.0713 e. The number of hydrogen-bond acceptors (Lipinski definition) is 1. The van der Waals surface area contributed by atoms with E-state index in [1.165, 1.54) is 77.9 Å². The molecule has 0 amide bonds. The van der Waals surface area contributed by atoms with Gasteiger partial charge in [0, 0.05) is 17.1 Å². The third-order valence-electron chi connectivity index (χ3n) is 12.6. The lowest BCUT2D eigenvalue weighted by Crippen LogP contribution is -2.28. The highest BCUT2D eigenvalue weighted by atomic mass is 15.1. The first-order chi connectivity index (χ1) is 30.7. The molecule has 292 valence electrons. The summed E-state index contributed by atoms with van der Waals surface area (Å²) in [5.41, 5.74) is 20.2. The van der Waals surface area contributed by atoms with Gasteiger partial charge < -0.3 is 4.90 Å². The van der Waals surface area contributed by atoms with E-state index in [2.05, 4.69) is 266 Å². The van der Waals surface area contributed by atoms with Crippen molar-refractivity contribution < 1.29 is 0 Å². The van der Waals surface area contributed by atoms with Crippen LogP contribution in [0.2, 0.25) is 0 Å². The first-order valence-corrected chi connectivity index (χ1v) is 21.4. The molecule has 0 saturated carbocycles. The summed E-state index contributed by atoms with van der Waals surface area (Å²) >= 11 is 0. The van der Waals surface area contributed by atoms with E-state index in [0.29, 0.717) is 0 Å². The van der Waals surface area contributed by atoms with Crippen molar-refractivity contribution in [2.24, 2.45) is 0 Å². The number of hydrogen-bond donors (Lipinski definition) is 0. The predicted octanol–water partition coefficient (Wildman–Crippen LogP) is 16.2. The van der Waals surface area contributed by atoms with Crippen LogP contribution in [0.15, 0.2) is 261 Å². The average molecular weight is 790 g/mol. The molecule has 0 aromatic heterocycles. The molecule has 0 fully saturated rings. The Morgan fingerprint density at radius 2 is 0.565 bits per heavy atom. The van der Waals surface area contributed by atoms with E-state index in [9.17, 15) is 0 Å². The Balaban J connectivity index is 0.944. The van der Waals surface area contributed by atoms with Crippen LogP contribution in [0.25, 0.3) is 55.6 Å². The number of fused-ring (bicyclic) bond motifs is 3. The fourth-order valence-corrected chi connectivity index (χ4v) is 9.60. The molecule has 62 heavy (non-hydrogen) atoms. The minimum atomic E-state index is -0.456. The van der Waals surface area contributed by atoms with Gasteiger partial charge in [-0.05, 0) is 120 Å². The van der Waals surface area contributed by atoms with Gasteiger partial charge in [-0.3, -0.25) is 0 Å². The van der Waals surface area contributed by atoms with E-state index in [4.69, 9.17) is 0 Å². The molecule has 1 heteroatoms. The van der Waals surface area contributed by atoms with Crippen LogP contribution < -0.4 is 4.90 Å². The molecule has 1 aliphatic rings. The van der Waals surface area contributed by atoms with Gasteiger partial charge in [0.1, 0.15) is 0 Å². The Labute approximate surface area is 364 Å². The molecule has 10 aromatic carbocycles. The molecule has 0 bridgehead atoms. The van der Waals surface area contributed by atoms with Gasteiger partial charge in [0.15, 0.2) is 0 Å². The van der Waals surface area contributed by atoms with Crippen LogP contribution >= 0.6 is 0 Å². The average Bonchev–Trinajstić information content (AvgIpc) is 3.66. The molecule has 1 unspecified atom stereocenters. The predicted molar refractivity (Wildman–Crippen MR) is 260 cm³/mol. The van der Waals surface area contributed by atoms with Gasteiger partial charge in [-0.2, -0.15) is 0 Å². The highest BCUT2D eigenvalue weighted by Gasteiger charge is 2.46. The number of rotatable bonds is 9. The summed E-state index contributed by atoms with van der Waals surface area (Å²) in [6.45, 7) is 0. The fraction of sp³-hybridized carbons (Fsp3) is 0.0164. The lowest BCUT2D eigenvalue weighted by atomic mass is 9.67. The second-order valence-electron chi connectivity index (χ2n) is 16.1. The first kappa shape index (κ1) is 37.0. The molecule has 1 atom stereocenters. The van der Waals surface area contributed by atoms with Gasteiger partial charge >= 0.3 is 0 Å². The molecule has 11 rings (SSSR count). The second kappa shape index (κ2) is 15.9. The van der Waals surface area contributed by atoms with Crippen molar-refractivity contribution in [2.45, 2.75) is 5.41 Å². The standard InChI is InChI=1S/C61H43N/c1-5-15-44(16-6-1)46-25-27-47(28-26-46)49-31-38-55(39-32-49)62(54-21-11-4-12-22-54)56-40-33-50(34-41-56)51-35-42-60-58(43-51)57-23-13-14-24-59(57)61(60,52-19-9-3-10-20-52)53-36-29-48(30-37-53)45-17-7-2-8-18-45/h1-43H. The van der Waals surface area contributed by atoms with E-state index in [-0.39, 0.29) is 0 Å². The molecule has 0 aliphatic heterocycles. The fourth-order valence-electron chi connectivity index (χ4n) is 9.60. The van der Waals surface area contributed by atoms with Crippen molar-refractivity contribution in [3.8, 4) is 55.6 Å². The Morgan fingerprint density at radius 3 is 1.10 bits per heavy atom. The van der Waals surface area contributed by atoms with Crippen molar-refractivity contribution in [3.05, 3.63) is 283 Å². The van der Waals surface area contributed by atoms with Crippen LogP contribution in [0.1, 0.15) is 22.3 Å². The summed E-state index contributed by atoms with van der Waals surface area (Å²) in [4.78, 5) is 2.34. The summed E-state index contributed by atoms with van der Waals surface area (Å²) in [5, 5.41) is 0. The maximum absolute atomic E-state index is 2.41. The second-order valence-corrected chi connectivity index (χ2v) is 16.1. The molecule has 10 aromatic rings. The van der Waals surface area contributed by atoms with E-state index in [1.54, 1.807) is 0 Å².